The van der Waals surface area contributed by atoms with Crippen molar-refractivity contribution in [2.45, 2.75) is 18.5 Å². The molecule has 0 saturated heterocycles. The summed E-state index contributed by atoms with van der Waals surface area (Å²) in [4.78, 5) is 13.1. The third-order valence-corrected chi connectivity index (χ3v) is 3.44. The van der Waals surface area contributed by atoms with Crippen LogP contribution in [0.4, 0.5) is 0 Å². The second-order valence-electron chi connectivity index (χ2n) is 3.99. The highest BCUT2D eigenvalue weighted by Crippen LogP contribution is 2.18. The van der Waals surface area contributed by atoms with Crippen molar-refractivity contribution < 1.29 is 4.79 Å². The van der Waals surface area contributed by atoms with E-state index in [2.05, 4.69) is 22.4 Å². The van der Waals surface area contributed by atoms with E-state index in [1.807, 2.05) is 0 Å². The van der Waals surface area contributed by atoms with E-state index in [0.29, 0.717) is 12.3 Å². The first-order valence-corrected chi connectivity index (χ1v) is 6.04. The summed E-state index contributed by atoms with van der Waals surface area (Å²) in [5.74, 6) is 1.31. The monoisotopic (exact) mass is 243 g/mol. The first-order valence-electron chi connectivity index (χ1n) is 5.06. The molecule has 1 rings (SSSR count). The first kappa shape index (κ1) is 13.0. The van der Waals surface area contributed by atoms with Crippen molar-refractivity contribution in [3.8, 4) is 0 Å². The fourth-order valence-electron chi connectivity index (χ4n) is 1.10. The van der Waals surface area contributed by atoms with Gasteiger partial charge in [0.05, 0.1) is 0 Å². The molecule has 0 aliphatic carbocycles. The molecule has 0 N–H and O–H groups in total. The molecule has 0 fully saturated rings. The van der Waals surface area contributed by atoms with Crippen molar-refractivity contribution in [3.63, 3.8) is 0 Å². The molecule has 16 heavy (non-hydrogen) atoms. The van der Waals surface area contributed by atoms with Crippen LogP contribution in [0, 0.1) is 5.92 Å². The van der Waals surface area contributed by atoms with Crippen LogP contribution in [-0.2, 0) is 11.8 Å². The molecular weight excluding hydrogens is 226 g/mol. The molecule has 0 bridgehead atoms. The molecule has 90 valence electrons. The minimum absolute atomic E-state index is 0.157. The number of carbonyl (C=O) groups excluding carboxylic acids is 1. The van der Waals surface area contributed by atoms with E-state index in [-0.39, 0.29) is 5.91 Å². The van der Waals surface area contributed by atoms with Gasteiger partial charge in [-0.05, 0) is 16.3 Å². The van der Waals surface area contributed by atoms with E-state index >= 15 is 0 Å². The van der Waals surface area contributed by atoms with Gasteiger partial charge in [0.25, 0.3) is 0 Å². The predicted octanol–water partition coefficient (Wildman–Crippen LogP) is 0.417. The fourth-order valence-corrected chi connectivity index (χ4v) is 1.97. The first-order chi connectivity index (χ1) is 7.50. The molecule has 1 atom stereocenters. The highest BCUT2D eigenvalue weighted by atomic mass is 32.2. The van der Waals surface area contributed by atoms with Crippen molar-refractivity contribution in [1.29, 1.82) is 0 Å². The summed E-state index contributed by atoms with van der Waals surface area (Å²) in [5.41, 5.74) is 0. The van der Waals surface area contributed by atoms with E-state index < -0.39 is 0 Å². The zero-order valence-corrected chi connectivity index (χ0v) is 10.9. The number of aryl methyl sites for hydroxylation is 1. The Labute approximate surface area is 99.4 Å². The molecule has 1 heterocycles. The van der Waals surface area contributed by atoms with Crippen LogP contribution in [0.25, 0.3) is 0 Å². The lowest BCUT2D eigenvalue weighted by molar-refractivity contribution is -0.129. The maximum absolute atomic E-state index is 11.5. The minimum atomic E-state index is 0.157. The summed E-state index contributed by atoms with van der Waals surface area (Å²) in [6.45, 7) is 2.05. The van der Waals surface area contributed by atoms with Crippen LogP contribution in [-0.4, -0.2) is 50.9 Å². The standard InChI is InChI=1S/C9H17N5OS/c1-7(5-8(15)13(2)3)6-16-9-10-11-12-14(9)4/h7H,5-6H2,1-4H3. The van der Waals surface area contributed by atoms with Crippen LogP contribution in [0.15, 0.2) is 5.16 Å². The minimum Gasteiger partial charge on any atom is -0.349 e. The molecule has 0 aliphatic rings. The molecule has 0 spiro atoms. The summed E-state index contributed by atoms with van der Waals surface area (Å²) >= 11 is 1.57. The van der Waals surface area contributed by atoms with E-state index in [9.17, 15) is 4.79 Å². The predicted molar refractivity (Wildman–Crippen MR) is 62.0 cm³/mol. The molecule has 1 amide bonds. The Morgan fingerprint density at radius 2 is 2.25 bits per heavy atom. The number of tetrazole rings is 1. The topological polar surface area (TPSA) is 63.9 Å². The van der Waals surface area contributed by atoms with Gasteiger partial charge in [-0.3, -0.25) is 4.79 Å². The number of amides is 1. The van der Waals surface area contributed by atoms with Crippen LogP contribution < -0.4 is 0 Å². The molecule has 1 aromatic heterocycles. The molecule has 0 radical (unpaired) electrons. The Morgan fingerprint density at radius 1 is 1.56 bits per heavy atom. The molecule has 0 saturated carbocycles. The Kier molecular flexibility index (Phi) is 4.72. The van der Waals surface area contributed by atoms with Crippen molar-refractivity contribution in [1.82, 2.24) is 25.1 Å². The Morgan fingerprint density at radius 3 is 2.75 bits per heavy atom. The van der Waals surface area contributed by atoms with Gasteiger partial charge in [-0.15, -0.1) is 5.10 Å². The van der Waals surface area contributed by atoms with Crippen molar-refractivity contribution in [3.05, 3.63) is 0 Å². The van der Waals surface area contributed by atoms with Gasteiger partial charge in [-0.1, -0.05) is 18.7 Å². The summed E-state index contributed by atoms with van der Waals surface area (Å²) in [6.07, 6.45) is 0.561. The van der Waals surface area contributed by atoms with Gasteiger partial charge in [-0.2, -0.15) is 0 Å². The number of carbonyl (C=O) groups is 1. The maximum Gasteiger partial charge on any atom is 0.222 e. The number of hydrogen-bond donors (Lipinski definition) is 0. The van der Waals surface area contributed by atoms with Crippen LogP contribution in [0.5, 0.6) is 0 Å². The van der Waals surface area contributed by atoms with E-state index in [1.54, 1.807) is 42.5 Å². The van der Waals surface area contributed by atoms with Crippen molar-refractivity contribution >= 4 is 17.7 Å². The fraction of sp³-hybridized carbons (Fsp3) is 0.778. The molecule has 1 aromatic rings. The van der Waals surface area contributed by atoms with E-state index in [0.717, 1.165) is 10.9 Å². The lowest BCUT2D eigenvalue weighted by Gasteiger charge is -2.14. The van der Waals surface area contributed by atoms with Crippen LogP contribution >= 0.6 is 11.8 Å². The number of aromatic nitrogens is 4. The molecule has 0 aromatic carbocycles. The van der Waals surface area contributed by atoms with Gasteiger partial charge in [0.15, 0.2) is 0 Å². The summed E-state index contributed by atoms with van der Waals surface area (Å²) in [5, 5.41) is 12.0. The van der Waals surface area contributed by atoms with Crippen LogP contribution in [0.1, 0.15) is 13.3 Å². The highest BCUT2D eigenvalue weighted by molar-refractivity contribution is 7.99. The SMILES string of the molecule is CC(CSc1nnnn1C)CC(=O)N(C)C. The summed E-state index contributed by atoms with van der Waals surface area (Å²) < 4.78 is 1.63. The molecule has 6 nitrogen and oxygen atoms in total. The second-order valence-corrected chi connectivity index (χ2v) is 4.98. The normalized spacial score (nSPS) is 12.5. The van der Waals surface area contributed by atoms with Crippen molar-refractivity contribution in [2.75, 3.05) is 19.8 Å². The zero-order chi connectivity index (χ0) is 12.1. The summed E-state index contributed by atoms with van der Waals surface area (Å²) in [6, 6.07) is 0. The molecule has 0 aliphatic heterocycles. The van der Waals surface area contributed by atoms with Gasteiger partial charge in [-0.25, -0.2) is 4.68 Å². The quantitative estimate of drug-likeness (QED) is 0.701. The van der Waals surface area contributed by atoms with Gasteiger partial charge in [0.2, 0.25) is 11.1 Å². The third kappa shape index (κ3) is 3.80. The number of nitrogens with zero attached hydrogens (tertiary/aromatic N) is 5. The van der Waals surface area contributed by atoms with E-state index in [4.69, 9.17) is 0 Å². The average Bonchev–Trinajstić information content (AvgIpc) is 2.61. The van der Waals surface area contributed by atoms with Gasteiger partial charge in [0, 0.05) is 33.3 Å². The number of rotatable bonds is 5. The Balaban J connectivity index is 2.33. The summed E-state index contributed by atoms with van der Waals surface area (Å²) in [7, 11) is 5.35. The Bertz CT molecular complexity index is 351. The highest BCUT2D eigenvalue weighted by Gasteiger charge is 2.12. The second kappa shape index (κ2) is 5.83. The third-order valence-electron chi connectivity index (χ3n) is 2.10. The molecule has 7 heteroatoms. The Hall–Kier alpha value is -1.11. The smallest absolute Gasteiger partial charge is 0.222 e. The van der Waals surface area contributed by atoms with Crippen LogP contribution in [0.2, 0.25) is 0 Å². The van der Waals surface area contributed by atoms with Crippen molar-refractivity contribution in [2.24, 2.45) is 13.0 Å². The largest absolute Gasteiger partial charge is 0.349 e. The van der Waals surface area contributed by atoms with Gasteiger partial charge < -0.3 is 4.90 Å². The zero-order valence-electron chi connectivity index (χ0n) is 10.0. The maximum atomic E-state index is 11.5. The molecular formula is C9H17N5OS. The molecule has 1 unspecified atom stereocenters. The average molecular weight is 243 g/mol. The lowest BCUT2D eigenvalue weighted by Crippen LogP contribution is -2.24. The lowest BCUT2D eigenvalue weighted by atomic mass is 10.1. The number of thioether (sulfide) groups is 1. The van der Waals surface area contributed by atoms with Gasteiger partial charge >= 0.3 is 0 Å². The van der Waals surface area contributed by atoms with Gasteiger partial charge in [0.1, 0.15) is 0 Å². The number of hydrogen-bond acceptors (Lipinski definition) is 5. The van der Waals surface area contributed by atoms with Crippen LogP contribution in [0.3, 0.4) is 0 Å². The van der Waals surface area contributed by atoms with E-state index in [1.165, 1.54) is 0 Å².